The maximum atomic E-state index is 12.3. The fourth-order valence-electron chi connectivity index (χ4n) is 5.48. The van der Waals surface area contributed by atoms with Crippen molar-refractivity contribution in [3.05, 3.63) is 57.5 Å². The Balaban J connectivity index is 1.52. The van der Waals surface area contributed by atoms with Crippen molar-refractivity contribution < 1.29 is 9.90 Å². The summed E-state index contributed by atoms with van der Waals surface area (Å²) in [6.45, 7) is 5.24. The molecule has 7 nitrogen and oxygen atoms in total. The minimum absolute atomic E-state index is 0.209. The van der Waals surface area contributed by atoms with E-state index in [4.69, 9.17) is 0 Å². The van der Waals surface area contributed by atoms with E-state index >= 15 is 0 Å². The number of aromatic nitrogens is 2. The highest BCUT2D eigenvalue weighted by Crippen LogP contribution is 2.39. The fourth-order valence-corrected chi connectivity index (χ4v) is 5.48. The van der Waals surface area contributed by atoms with Crippen LogP contribution < -0.4 is 5.56 Å². The molecule has 7 heteroatoms. The molecule has 2 aliphatic rings. The van der Waals surface area contributed by atoms with Gasteiger partial charge < -0.3 is 19.6 Å². The predicted molar refractivity (Wildman–Crippen MR) is 125 cm³/mol. The molecule has 2 aromatic heterocycles. The summed E-state index contributed by atoms with van der Waals surface area (Å²) in [5, 5.41) is 10.5. The van der Waals surface area contributed by atoms with Gasteiger partial charge in [0.15, 0.2) is 0 Å². The number of hydrogen-bond acceptors (Lipinski definition) is 4. The molecule has 1 saturated heterocycles. The molecule has 32 heavy (non-hydrogen) atoms. The van der Waals surface area contributed by atoms with E-state index in [0.717, 1.165) is 42.6 Å². The predicted octanol–water partition coefficient (Wildman–Crippen LogP) is 3.34. The second kappa shape index (κ2) is 7.90. The fraction of sp³-hybridized carbons (Fsp3) is 0.440. The van der Waals surface area contributed by atoms with Gasteiger partial charge >= 0.3 is 5.97 Å². The van der Waals surface area contributed by atoms with Crippen molar-refractivity contribution in [1.82, 2.24) is 19.4 Å². The maximum Gasteiger partial charge on any atom is 0.341 e. The van der Waals surface area contributed by atoms with Crippen molar-refractivity contribution in [1.29, 1.82) is 0 Å². The van der Waals surface area contributed by atoms with E-state index in [1.807, 2.05) is 13.0 Å². The van der Waals surface area contributed by atoms with Crippen LogP contribution >= 0.6 is 0 Å². The zero-order valence-electron chi connectivity index (χ0n) is 18.9. The van der Waals surface area contributed by atoms with E-state index in [9.17, 15) is 14.7 Å². The summed E-state index contributed by atoms with van der Waals surface area (Å²) in [5.74, 6) is -1.20. The molecule has 0 radical (unpaired) electrons. The number of aryl methyl sites for hydroxylation is 2. The molecule has 2 aliphatic heterocycles. The van der Waals surface area contributed by atoms with E-state index < -0.39 is 11.5 Å². The normalized spacial score (nSPS) is 21.0. The van der Waals surface area contributed by atoms with Crippen LogP contribution in [0, 0.1) is 0 Å². The summed E-state index contributed by atoms with van der Waals surface area (Å²) in [4.78, 5) is 31.5. The first-order valence-corrected chi connectivity index (χ1v) is 11.4. The lowest BCUT2D eigenvalue weighted by Crippen LogP contribution is -2.32. The molecule has 2 unspecified atom stereocenters. The average molecular weight is 435 g/mol. The number of likely N-dealkylation sites (tertiary alicyclic amines) is 1. The van der Waals surface area contributed by atoms with E-state index in [-0.39, 0.29) is 5.56 Å². The monoisotopic (exact) mass is 434 g/mol. The van der Waals surface area contributed by atoms with Crippen molar-refractivity contribution in [2.45, 2.75) is 44.8 Å². The van der Waals surface area contributed by atoms with E-state index in [0.29, 0.717) is 24.2 Å². The summed E-state index contributed by atoms with van der Waals surface area (Å²) >= 11 is 0. The number of H-pyrrole nitrogens is 1. The molecule has 0 saturated carbocycles. The third-order valence-electron chi connectivity index (χ3n) is 7.29. The standard InChI is InChI=1S/C25H30N4O3/c1-4-15-12-19(25(31)32)24(30)26-23(15)16-5-6-20-17(11-16)13-22-21(8-10-29(20)22)28-9-7-18(14-28)27(2)3/h5-6,11-13,18,21H,4,7-10,14H2,1-3H3,(H,26,30)(H,31,32). The van der Waals surface area contributed by atoms with Crippen LogP contribution in [0.1, 0.15) is 47.4 Å². The summed E-state index contributed by atoms with van der Waals surface area (Å²) in [6, 6.07) is 11.2. The van der Waals surface area contributed by atoms with Crippen molar-refractivity contribution in [3.8, 4) is 11.3 Å². The number of hydrogen-bond donors (Lipinski definition) is 2. The third-order valence-corrected chi connectivity index (χ3v) is 7.29. The first-order valence-electron chi connectivity index (χ1n) is 11.4. The highest BCUT2D eigenvalue weighted by molar-refractivity contribution is 5.89. The molecular weight excluding hydrogens is 404 g/mol. The zero-order chi connectivity index (χ0) is 22.6. The van der Waals surface area contributed by atoms with Gasteiger partial charge in [0, 0.05) is 42.3 Å². The van der Waals surface area contributed by atoms with Gasteiger partial charge in [-0.3, -0.25) is 9.69 Å². The molecule has 0 spiro atoms. The molecule has 1 fully saturated rings. The maximum absolute atomic E-state index is 12.3. The Hall–Kier alpha value is -2.90. The number of nitrogens with zero attached hydrogens (tertiary/aromatic N) is 3. The van der Waals surface area contributed by atoms with Gasteiger partial charge in [0.2, 0.25) is 0 Å². The van der Waals surface area contributed by atoms with Crippen molar-refractivity contribution in [2.24, 2.45) is 0 Å². The first kappa shape index (κ1) is 21.0. The van der Waals surface area contributed by atoms with Crippen LogP contribution in [0.5, 0.6) is 0 Å². The number of carboxylic acid groups (broad SMARTS) is 1. The van der Waals surface area contributed by atoms with Crippen molar-refractivity contribution in [2.75, 3.05) is 27.2 Å². The number of likely N-dealkylation sites (N-methyl/N-ethyl adjacent to an activating group) is 1. The van der Waals surface area contributed by atoms with Gasteiger partial charge in [-0.1, -0.05) is 13.0 Å². The zero-order valence-corrected chi connectivity index (χ0v) is 18.9. The summed E-state index contributed by atoms with van der Waals surface area (Å²) in [6.07, 6.45) is 3.01. The number of aromatic amines is 1. The summed E-state index contributed by atoms with van der Waals surface area (Å²) in [5.41, 5.74) is 4.28. The number of carboxylic acids is 1. The highest BCUT2D eigenvalue weighted by atomic mass is 16.4. The van der Waals surface area contributed by atoms with E-state index in [2.05, 4.69) is 51.6 Å². The Bertz CT molecular complexity index is 1260. The van der Waals surface area contributed by atoms with Crippen LogP contribution in [0.15, 0.2) is 35.1 Å². The van der Waals surface area contributed by atoms with Crippen LogP contribution in [0.3, 0.4) is 0 Å². The Labute approximate surface area is 187 Å². The van der Waals surface area contributed by atoms with Gasteiger partial charge in [0.05, 0.1) is 11.7 Å². The van der Waals surface area contributed by atoms with E-state index in [1.54, 1.807) is 0 Å². The number of pyridine rings is 1. The lowest BCUT2D eigenvalue weighted by atomic mass is 10.0. The molecule has 2 atom stereocenters. The molecular formula is C25H30N4O3. The van der Waals surface area contributed by atoms with Gasteiger partial charge in [-0.2, -0.15) is 0 Å². The number of fused-ring (bicyclic) bond motifs is 3. The van der Waals surface area contributed by atoms with E-state index in [1.165, 1.54) is 23.7 Å². The number of benzene rings is 1. The molecule has 168 valence electrons. The Morgan fingerprint density at radius 3 is 2.69 bits per heavy atom. The summed E-state index contributed by atoms with van der Waals surface area (Å²) in [7, 11) is 4.33. The Kier molecular flexibility index (Phi) is 5.18. The smallest absolute Gasteiger partial charge is 0.341 e. The molecule has 2 N–H and O–H groups in total. The second-order valence-corrected chi connectivity index (χ2v) is 9.27. The van der Waals surface area contributed by atoms with Crippen molar-refractivity contribution in [3.63, 3.8) is 0 Å². The molecule has 0 bridgehead atoms. The minimum Gasteiger partial charge on any atom is -0.477 e. The van der Waals surface area contributed by atoms with Crippen LogP contribution in [0.25, 0.3) is 22.2 Å². The summed E-state index contributed by atoms with van der Waals surface area (Å²) < 4.78 is 2.43. The number of nitrogens with one attached hydrogen (secondary N) is 1. The van der Waals surface area contributed by atoms with Crippen LogP contribution in [0.2, 0.25) is 0 Å². The van der Waals surface area contributed by atoms with Gasteiger partial charge in [0.25, 0.3) is 5.56 Å². The number of carbonyl (C=O) groups is 1. The molecule has 3 aromatic rings. The quantitative estimate of drug-likeness (QED) is 0.644. The van der Waals surface area contributed by atoms with Crippen molar-refractivity contribution >= 4 is 16.9 Å². The molecule has 4 heterocycles. The van der Waals surface area contributed by atoms with Crippen LogP contribution in [-0.2, 0) is 13.0 Å². The lowest BCUT2D eigenvalue weighted by molar-refractivity contribution is 0.0695. The largest absolute Gasteiger partial charge is 0.477 e. The topological polar surface area (TPSA) is 81.6 Å². The van der Waals surface area contributed by atoms with Gasteiger partial charge in [-0.25, -0.2) is 4.79 Å². The highest BCUT2D eigenvalue weighted by Gasteiger charge is 2.34. The Morgan fingerprint density at radius 2 is 2.00 bits per heavy atom. The molecule has 0 aliphatic carbocycles. The average Bonchev–Trinajstić information content (AvgIpc) is 3.47. The third kappa shape index (κ3) is 3.36. The Morgan fingerprint density at radius 1 is 1.19 bits per heavy atom. The van der Waals surface area contributed by atoms with Crippen LogP contribution in [-0.4, -0.2) is 63.7 Å². The molecule has 0 amide bonds. The number of aromatic carboxylic acids is 1. The first-order chi connectivity index (χ1) is 15.4. The minimum atomic E-state index is -1.20. The van der Waals surface area contributed by atoms with Gasteiger partial charge in [0.1, 0.15) is 5.56 Å². The molecule has 5 rings (SSSR count). The second-order valence-electron chi connectivity index (χ2n) is 9.27. The lowest BCUT2D eigenvalue weighted by Gasteiger charge is -2.25. The van der Waals surface area contributed by atoms with Gasteiger partial charge in [-0.15, -0.1) is 0 Å². The number of rotatable bonds is 5. The van der Waals surface area contributed by atoms with Gasteiger partial charge in [-0.05, 0) is 68.8 Å². The molecule has 1 aromatic carbocycles. The SMILES string of the molecule is CCc1cc(C(=O)O)c(=O)[nH]c1-c1ccc2c(c1)cc1n2CCC1N1CCC(N(C)C)C1. The van der Waals surface area contributed by atoms with Crippen LogP contribution in [0.4, 0.5) is 0 Å².